The molecule has 1 aromatic carbocycles. The number of carbonyl (C=O) groups is 1. The zero-order valence-corrected chi connectivity index (χ0v) is 16.8. The van der Waals surface area contributed by atoms with Gasteiger partial charge in [0.15, 0.2) is 0 Å². The van der Waals surface area contributed by atoms with E-state index in [0.717, 1.165) is 37.1 Å². The lowest BCUT2D eigenvalue weighted by molar-refractivity contribution is -0.138. The van der Waals surface area contributed by atoms with E-state index in [1.807, 2.05) is 24.3 Å². The van der Waals surface area contributed by atoms with Gasteiger partial charge in [-0.15, -0.1) is 0 Å². The molecular formula is C23H26FN3O2. The van der Waals surface area contributed by atoms with Gasteiger partial charge < -0.3 is 4.90 Å². The van der Waals surface area contributed by atoms with Crippen molar-refractivity contribution in [3.63, 3.8) is 0 Å². The van der Waals surface area contributed by atoms with Crippen molar-refractivity contribution < 1.29 is 9.18 Å². The molecule has 3 heterocycles. The van der Waals surface area contributed by atoms with Crippen LogP contribution in [0.1, 0.15) is 48.6 Å². The number of halogens is 1. The number of fused-ring (bicyclic) bond motifs is 3. The van der Waals surface area contributed by atoms with Crippen LogP contribution in [0.15, 0.2) is 35.1 Å². The summed E-state index contributed by atoms with van der Waals surface area (Å²) in [5, 5.41) is 0. The van der Waals surface area contributed by atoms with Gasteiger partial charge in [0.1, 0.15) is 5.82 Å². The van der Waals surface area contributed by atoms with Gasteiger partial charge >= 0.3 is 5.69 Å². The smallest absolute Gasteiger partial charge is 0.328 e. The molecule has 0 N–H and O–H groups in total. The molecule has 0 spiro atoms. The first-order valence-electron chi connectivity index (χ1n) is 10.4. The molecule has 0 radical (unpaired) electrons. The standard InChI is InChI=1S/C23H26FN3O2/c1-25-20-10-5-15(13-21(20)26(2)23(25)29)22(28)27-18-8-9-19(27)12-16(11-18)14-3-6-17(24)7-4-14/h3-7,10,15-16,18-19H,8-9,11-13H2,1-2H3/t15?,16?,18-,19+. The van der Waals surface area contributed by atoms with E-state index in [2.05, 4.69) is 4.90 Å². The van der Waals surface area contributed by atoms with Crippen molar-refractivity contribution in [2.45, 2.75) is 50.1 Å². The topological polar surface area (TPSA) is 47.2 Å². The first kappa shape index (κ1) is 18.4. The fourth-order valence-corrected chi connectivity index (χ4v) is 5.65. The van der Waals surface area contributed by atoms with E-state index >= 15 is 0 Å². The molecule has 1 aromatic heterocycles. The van der Waals surface area contributed by atoms with Crippen molar-refractivity contribution in [2.24, 2.45) is 20.0 Å². The predicted molar refractivity (Wildman–Crippen MR) is 109 cm³/mol. The van der Waals surface area contributed by atoms with Gasteiger partial charge in [-0.1, -0.05) is 18.2 Å². The first-order chi connectivity index (χ1) is 13.9. The number of amides is 1. The number of carbonyl (C=O) groups excluding carboxylic acids is 1. The number of rotatable bonds is 2. The molecule has 2 saturated heterocycles. The fraction of sp³-hybridized carbons (Fsp3) is 0.478. The molecule has 5 rings (SSSR count). The lowest BCUT2D eigenvalue weighted by Crippen LogP contribution is -2.48. The Kier molecular flexibility index (Phi) is 4.26. The third-order valence-electron chi connectivity index (χ3n) is 7.18. The Labute approximate surface area is 169 Å². The number of hydrogen-bond donors (Lipinski definition) is 0. The molecule has 2 aliphatic heterocycles. The van der Waals surface area contributed by atoms with Crippen molar-refractivity contribution in [3.05, 3.63) is 63.6 Å². The molecule has 4 atom stereocenters. The molecule has 2 fully saturated rings. The van der Waals surface area contributed by atoms with E-state index < -0.39 is 0 Å². The van der Waals surface area contributed by atoms with Crippen LogP contribution in [-0.2, 0) is 25.3 Å². The molecule has 152 valence electrons. The van der Waals surface area contributed by atoms with Gasteiger partial charge in [-0.25, -0.2) is 9.18 Å². The number of nitrogens with zero attached hydrogens (tertiary/aromatic N) is 3. The second-order valence-electron chi connectivity index (χ2n) is 8.75. The molecule has 3 aliphatic rings. The van der Waals surface area contributed by atoms with Gasteiger partial charge in [0.2, 0.25) is 5.91 Å². The highest BCUT2D eigenvalue weighted by Crippen LogP contribution is 2.44. The van der Waals surface area contributed by atoms with Crippen LogP contribution in [0.25, 0.3) is 6.08 Å². The Balaban J connectivity index is 1.35. The van der Waals surface area contributed by atoms with Gasteiger partial charge in [-0.3, -0.25) is 13.9 Å². The minimum Gasteiger partial charge on any atom is -0.336 e. The highest BCUT2D eigenvalue weighted by molar-refractivity contribution is 5.84. The molecule has 6 heteroatoms. The van der Waals surface area contributed by atoms with Gasteiger partial charge in [-0.05, 0) is 55.4 Å². The van der Waals surface area contributed by atoms with Crippen molar-refractivity contribution in [3.8, 4) is 0 Å². The van der Waals surface area contributed by atoms with Gasteiger partial charge in [0.05, 0.1) is 11.6 Å². The predicted octanol–water partition coefficient (Wildman–Crippen LogP) is 2.99. The average Bonchev–Trinajstić information content (AvgIpc) is 3.12. The maximum absolute atomic E-state index is 13.4. The molecule has 0 saturated carbocycles. The number of benzene rings is 1. The van der Waals surface area contributed by atoms with Crippen molar-refractivity contribution in [2.75, 3.05) is 0 Å². The van der Waals surface area contributed by atoms with Crippen LogP contribution < -0.4 is 5.69 Å². The van der Waals surface area contributed by atoms with Crippen molar-refractivity contribution in [1.82, 2.24) is 14.0 Å². The highest BCUT2D eigenvalue weighted by atomic mass is 19.1. The molecule has 1 aliphatic carbocycles. The Morgan fingerprint density at radius 1 is 1.03 bits per heavy atom. The summed E-state index contributed by atoms with van der Waals surface area (Å²) in [6.45, 7) is 0. The zero-order valence-electron chi connectivity index (χ0n) is 16.8. The SMILES string of the molecule is Cn1c2c(n(C)c1=O)CC(C(=O)N1[C@@H]3CC[C@H]1CC(c1ccc(F)cc1)C3)C=C2. The quantitative estimate of drug-likeness (QED) is 0.785. The van der Waals surface area contributed by atoms with Crippen molar-refractivity contribution in [1.29, 1.82) is 0 Å². The Morgan fingerprint density at radius 2 is 1.69 bits per heavy atom. The maximum Gasteiger partial charge on any atom is 0.328 e. The number of aromatic nitrogens is 2. The second-order valence-corrected chi connectivity index (χ2v) is 8.75. The third kappa shape index (κ3) is 2.88. The largest absolute Gasteiger partial charge is 0.336 e. The van der Waals surface area contributed by atoms with E-state index in [0.29, 0.717) is 12.3 Å². The molecule has 1 amide bonds. The van der Waals surface area contributed by atoms with Crippen LogP contribution in [0.5, 0.6) is 0 Å². The lowest BCUT2D eigenvalue weighted by atomic mass is 9.84. The van der Waals surface area contributed by atoms with E-state index in [1.54, 1.807) is 23.2 Å². The van der Waals surface area contributed by atoms with Crippen molar-refractivity contribution >= 4 is 12.0 Å². The van der Waals surface area contributed by atoms with E-state index in [4.69, 9.17) is 0 Å². The van der Waals surface area contributed by atoms with E-state index in [1.165, 1.54) is 17.7 Å². The summed E-state index contributed by atoms with van der Waals surface area (Å²) in [7, 11) is 3.55. The second kappa shape index (κ2) is 6.71. The molecule has 29 heavy (non-hydrogen) atoms. The summed E-state index contributed by atoms with van der Waals surface area (Å²) in [5.41, 5.74) is 2.97. The average molecular weight is 395 g/mol. The molecule has 2 bridgehead atoms. The third-order valence-corrected chi connectivity index (χ3v) is 7.18. The fourth-order valence-electron chi connectivity index (χ4n) is 5.65. The Bertz CT molecular complexity index is 1040. The number of imidazole rings is 1. The minimum absolute atomic E-state index is 0.0482. The van der Waals surface area contributed by atoms with E-state index in [9.17, 15) is 14.0 Å². The molecule has 2 unspecified atom stereocenters. The summed E-state index contributed by atoms with van der Waals surface area (Å²) < 4.78 is 16.6. The first-order valence-corrected chi connectivity index (χ1v) is 10.4. The normalized spacial score (nSPS) is 27.9. The minimum atomic E-state index is -0.207. The van der Waals surface area contributed by atoms with Gasteiger partial charge in [0, 0.05) is 38.3 Å². The lowest BCUT2D eigenvalue weighted by Gasteiger charge is -2.41. The maximum atomic E-state index is 13.4. The van der Waals surface area contributed by atoms with Crippen LogP contribution in [0.2, 0.25) is 0 Å². The van der Waals surface area contributed by atoms with Gasteiger partial charge in [-0.2, -0.15) is 0 Å². The Morgan fingerprint density at radius 3 is 2.34 bits per heavy atom. The summed E-state index contributed by atoms with van der Waals surface area (Å²) >= 11 is 0. The molecular weight excluding hydrogens is 369 g/mol. The van der Waals surface area contributed by atoms with Gasteiger partial charge in [0.25, 0.3) is 0 Å². The highest BCUT2D eigenvalue weighted by Gasteiger charge is 2.45. The molecule has 2 aromatic rings. The van der Waals surface area contributed by atoms with Crippen LogP contribution in [0.4, 0.5) is 4.39 Å². The van der Waals surface area contributed by atoms with Crippen LogP contribution in [-0.4, -0.2) is 32.0 Å². The molecule has 5 nitrogen and oxygen atoms in total. The Hall–Kier alpha value is -2.63. The summed E-state index contributed by atoms with van der Waals surface area (Å²) in [6, 6.07) is 7.35. The summed E-state index contributed by atoms with van der Waals surface area (Å²) in [4.78, 5) is 27.8. The van der Waals surface area contributed by atoms with Crippen LogP contribution >= 0.6 is 0 Å². The van der Waals surface area contributed by atoms with Crippen LogP contribution in [0, 0.1) is 11.7 Å². The van der Waals surface area contributed by atoms with E-state index in [-0.39, 0.29) is 35.4 Å². The number of piperidine rings is 1. The zero-order chi connectivity index (χ0) is 20.3. The van der Waals surface area contributed by atoms with Crippen LogP contribution in [0.3, 0.4) is 0 Å². The monoisotopic (exact) mass is 395 g/mol. The summed E-state index contributed by atoms with van der Waals surface area (Å²) in [5.74, 6) is 0.165. The number of hydrogen-bond acceptors (Lipinski definition) is 2. The summed E-state index contributed by atoms with van der Waals surface area (Å²) in [6.07, 6.45) is 8.44.